The van der Waals surface area contributed by atoms with Crippen molar-refractivity contribution in [3.63, 3.8) is 0 Å². The van der Waals surface area contributed by atoms with E-state index in [4.69, 9.17) is 0 Å². The molecule has 7 nitrogen and oxygen atoms in total. The fraction of sp³-hybridized carbons (Fsp3) is 0.167. The summed E-state index contributed by atoms with van der Waals surface area (Å²) in [6.07, 6.45) is 0. The summed E-state index contributed by atoms with van der Waals surface area (Å²) in [5.74, 6) is 0.106. The van der Waals surface area contributed by atoms with Gasteiger partial charge in [0.1, 0.15) is 0 Å². The van der Waals surface area contributed by atoms with Crippen LogP contribution >= 0.6 is 0 Å². The highest BCUT2D eigenvalue weighted by Gasteiger charge is 2.27. The standard InChI is InChI=1S/C12H10N6O/c1-18(2)8-5-3-4-7(6-8)10-13-11-9(12(19)14-10)15-17-16-11/h3-6H,1-2H3. The third-order valence-electron chi connectivity index (χ3n) is 2.74. The van der Waals surface area contributed by atoms with Crippen molar-refractivity contribution in [3.8, 4) is 0 Å². The molecule has 2 aliphatic heterocycles. The Morgan fingerprint density at radius 3 is 2.74 bits per heavy atom. The summed E-state index contributed by atoms with van der Waals surface area (Å²) in [7, 11) is 3.88. The van der Waals surface area contributed by atoms with Crippen LogP contribution in [0.1, 0.15) is 5.56 Å². The molecule has 0 saturated heterocycles. The van der Waals surface area contributed by atoms with Gasteiger partial charge in [-0.1, -0.05) is 12.1 Å². The van der Waals surface area contributed by atoms with Crippen molar-refractivity contribution < 1.29 is 4.79 Å². The number of hydrogen-bond donors (Lipinski definition) is 0. The van der Waals surface area contributed by atoms with Crippen LogP contribution < -0.4 is 4.90 Å². The van der Waals surface area contributed by atoms with Gasteiger partial charge in [0.25, 0.3) is 0 Å². The number of carbonyl (C=O) groups excluding carboxylic acids is 1. The molecule has 94 valence electrons. The number of amidine groups is 2. The topological polar surface area (TPSA) is 82.1 Å². The molecule has 1 aromatic rings. The second-order valence-electron chi connectivity index (χ2n) is 4.26. The van der Waals surface area contributed by atoms with E-state index in [2.05, 4.69) is 25.4 Å². The number of nitrogens with zero attached hydrogens (tertiary/aromatic N) is 6. The second kappa shape index (κ2) is 4.20. The van der Waals surface area contributed by atoms with Crippen LogP contribution in [0.5, 0.6) is 0 Å². The van der Waals surface area contributed by atoms with Gasteiger partial charge in [0.05, 0.1) is 0 Å². The normalized spacial score (nSPS) is 16.7. The first-order valence-electron chi connectivity index (χ1n) is 5.64. The van der Waals surface area contributed by atoms with Crippen molar-refractivity contribution in [1.29, 1.82) is 0 Å². The van der Waals surface area contributed by atoms with Gasteiger partial charge in [-0.25, -0.2) is 4.99 Å². The van der Waals surface area contributed by atoms with Crippen LogP contribution in [0, 0.1) is 0 Å². The molecule has 1 aromatic carbocycles. The molecule has 0 radical (unpaired) electrons. The molecule has 0 unspecified atom stereocenters. The van der Waals surface area contributed by atoms with E-state index in [1.807, 2.05) is 43.3 Å². The Bertz CT molecular complexity index is 683. The quantitative estimate of drug-likeness (QED) is 0.796. The van der Waals surface area contributed by atoms with Crippen LogP contribution in [0.2, 0.25) is 0 Å². The number of benzene rings is 1. The van der Waals surface area contributed by atoms with E-state index in [0.717, 1.165) is 11.3 Å². The summed E-state index contributed by atoms with van der Waals surface area (Å²) in [5.41, 5.74) is 1.86. The predicted octanol–water partition coefficient (Wildman–Crippen LogP) is 1.26. The Kier molecular flexibility index (Phi) is 2.52. The minimum Gasteiger partial charge on any atom is -0.378 e. The van der Waals surface area contributed by atoms with E-state index in [1.165, 1.54) is 0 Å². The van der Waals surface area contributed by atoms with Crippen molar-refractivity contribution >= 4 is 29.0 Å². The molecular formula is C12H10N6O. The fourth-order valence-electron chi connectivity index (χ4n) is 1.74. The monoisotopic (exact) mass is 254 g/mol. The summed E-state index contributed by atoms with van der Waals surface area (Å²) >= 11 is 0. The number of fused-ring (bicyclic) bond motifs is 1. The molecular weight excluding hydrogens is 244 g/mol. The second-order valence-corrected chi connectivity index (χ2v) is 4.26. The van der Waals surface area contributed by atoms with Gasteiger partial charge in [-0.15, -0.1) is 10.2 Å². The van der Waals surface area contributed by atoms with Crippen LogP contribution in [-0.2, 0) is 4.79 Å². The van der Waals surface area contributed by atoms with E-state index >= 15 is 0 Å². The Morgan fingerprint density at radius 1 is 1.11 bits per heavy atom. The SMILES string of the molecule is CN(C)c1cccc(C2=NC(=O)C3=NN=NC3=N2)c1. The maximum absolute atomic E-state index is 11.7. The van der Waals surface area contributed by atoms with E-state index < -0.39 is 5.91 Å². The predicted molar refractivity (Wildman–Crippen MR) is 72.0 cm³/mol. The Hall–Kier alpha value is -2.70. The Labute approximate surface area is 109 Å². The van der Waals surface area contributed by atoms with E-state index in [0.29, 0.717) is 5.84 Å². The maximum atomic E-state index is 11.7. The number of hydrogen-bond acceptors (Lipinski definition) is 6. The highest BCUT2D eigenvalue weighted by atomic mass is 16.1. The number of carbonyl (C=O) groups is 1. The van der Waals surface area contributed by atoms with Gasteiger partial charge in [-0.3, -0.25) is 4.79 Å². The number of rotatable bonds is 2. The van der Waals surface area contributed by atoms with Gasteiger partial charge in [-0.2, -0.15) is 4.99 Å². The van der Waals surface area contributed by atoms with E-state index in [-0.39, 0.29) is 11.5 Å². The van der Waals surface area contributed by atoms with Crippen LogP contribution in [0.4, 0.5) is 5.69 Å². The molecule has 0 aromatic heterocycles. The lowest BCUT2D eigenvalue weighted by atomic mass is 10.1. The Balaban J connectivity index is 2.04. The third-order valence-corrected chi connectivity index (χ3v) is 2.74. The lowest BCUT2D eigenvalue weighted by Crippen LogP contribution is -2.25. The van der Waals surface area contributed by atoms with Gasteiger partial charge in [0, 0.05) is 25.3 Å². The highest BCUT2D eigenvalue weighted by Crippen LogP contribution is 2.17. The van der Waals surface area contributed by atoms with Crippen molar-refractivity contribution in [2.75, 3.05) is 19.0 Å². The summed E-state index contributed by atoms with van der Waals surface area (Å²) < 4.78 is 0. The van der Waals surface area contributed by atoms with Gasteiger partial charge >= 0.3 is 5.91 Å². The van der Waals surface area contributed by atoms with E-state index in [9.17, 15) is 4.79 Å². The molecule has 0 N–H and O–H groups in total. The first kappa shape index (κ1) is 11.4. The molecule has 0 saturated carbocycles. The summed E-state index contributed by atoms with van der Waals surface area (Å²) in [6, 6.07) is 7.60. The zero-order valence-electron chi connectivity index (χ0n) is 10.4. The molecule has 0 bridgehead atoms. The number of anilines is 1. The highest BCUT2D eigenvalue weighted by molar-refractivity contribution is 6.69. The molecule has 1 amide bonds. The van der Waals surface area contributed by atoms with Crippen molar-refractivity contribution in [3.05, 3.63) is 29.8 Å². The molecule has 19 heavy (non-hydrogen) atoms. The first-order valence-corrected chi connectivity index (χ1v) is 5.64. The molecule has 0 fully saturated rings. The number of amides is 1. The number of aliphatic imine (C=N–C) groups is 2. The lowest BCUT2D eigenvalue weighted by Gasteiger charge is -2.14. The largest absolute Gasteiger partial charge is 0.378 e. The summed E-state index contributed by atoms with van der Waals surface area (Å²) in [5, 5.41) is 10.7. The smallest absolute Gasteiger partial charge is 0.303 e. The van der Waals surface area contributed by atoms with Crippen LogP contribution in [0.25, 0.3) is 0 Å². The molecule has 2 aliphatic rings. The Morgan fingerprint density at radius 2 is 1.95 bits per heavy atom. The molecule has 0 aliphatic carbocycles. The van der Waals surface area contributed by atoms with Crippen LogP contribution in [-0.4, -0.2) is 37.4 Å². The van der Waals surface area contributed by atoms with Gasteiger partial charge < -0.3 is 4.90 Å². The van der Waals surface area contributed by atoms with Gasteiger partial charge in [0.15, 0.2) is 5.84 Å². The summed E-state index contributed by atoms with van der Waals surface area (Å²) in [4.78, 5) is 21.8. The zero-order chi connectivity index (χ0) is 13.4. The molecule has 2 heterocycles. The van der Waals surface area contributed by atoms with Crippen molar-refractivity contribution in [2.45, 2.75) is 0 Å². The minimum absolute atomic E-state index is 0.104. The average molecular weight is 254 g/mol. The van der Waals surface area contributed by atoms with Gasteiger partial charge in [0.2, 0.25) is 11.5 Å². The van der Waals surface area contributed by atoms with Crippen molar-refractivity contribution in [1.82, 2.24) is 0 Å². The molecule has 3 rings (SSSR count). The van der Waals surface area contributed by atoms with Crippen molar-refractivity contribution in [2.24, 2.45) is 25.4 Å². The molecule has 7 heteroatoms. The maximum Gasteiger partial charge on any atom is 0.303 e. The van der Waals surface area contributed by atoms with E-state index in [1.54, 1.807) is 0 Å². The minimum atomic E-state index is -0.458. The molecule has 0 atom stereocenters. The van der Waals surface area contributed by atoms with Crippen LogP contribution in [0.15, 0.2) is 49.7 Å². The zero-order valence-corrected chi connectivity index (χ0v) is 10.4. The van der Waals surface area contributed by atoms with Crippen LogP contribution in [0.3, 0.4) is 0 Å². The lowest BCUT2D eigenvalue weighted by molar-refractivity contribution is -0.111. The first-order chi connectivity index (χ1) is 9.15. The fourth-order valence-corrected chi connectivity index (χ4v) is 1.74. The average Bonchev–Trinajstić information content (AvgIpc) is 2.87. The summed E-state index contributed by atoms with van der Waals surface area (Å²) in [6.45, 7) is 0. The molecule has 0 spiro atoms. The third kappa shape index (κ3) is 1.95. The van der Waals surface area contributed by atoms with Gasteiger partial charge in [-0.05, 0) is 17.4 Å².